The molecule has 0 aliphatic carbocycles. The second kappa shape index (κ2) is 3.83. The van der Waals surface area contributed by atoms with Crippen molar-refractivity contribution in [2.75, 3.05) is 6.54 Å². The highest BCUT2D eigenvalue weighted by Crippen LogP contribution is 1.87. The van der Waals surface area contributed by atoms with Crippen molar-refractivity contribution in [2.24, 2.45) is 5.92 Å². The van der Waals surface area contributed by atoms with Crippen molar-refractivity contribution >= 4 is 6.29 Å². The van der Waals surface area contributed by atoms with Crippen LogP contribution in [-0.2, 0) is 4.79 Å². The van der Waals surface area contributed by atoms with Crippen LogP contribution in [0, 0.1) is 23.8 Å². The fraction of sp³-hybridized carbons (Fsp3) is 0.400. The Balaban J connectivity index is 3.61. The fourth-order valence-electron chi connectivity index (χ4n) is 0.213. The third kappa shape index (κ3) is 1.94. The van der Waals surface area contributed by atoms with Crippen LogP contribution in [0.15, 0.2) is 0 Å². The van der Waals surface area contributed by atoms with E-state index in [1.807, 2.05) is 0 Å². The van der Waals surface area contributed by atoms with Crippen molar-refractivity contribution in [3.05, 3.63) is 11.4 Å². The largest absolute Gasteiger partial charge is 0.315 e. The monoisotopic (exact) mass is 108 g/mol. The van der Waals surface area contributed by atoms with Crippen LogP contribution in [0.5, 0.6) is 0 Å². The Kier molecular flexibility index (Phi) is 3.18. The summed E-state index contributed by atoms with van der Waals surface area (Å²) < 4.78 is 0. The molecule has 0 saturated carbocycles. The summed E-state index contributed by atoms with van der Waals surface area (Å²) >= 11 is 0. The number of rotatable bonds is 2. The van der Waals surface area contributed by atoms with Crippen LogP contribution in [0.2, 0.25) is 0 Å². The molecule has 0 bridgehead atoms. The zero-order valence-corrected chi connectivity index (χ0v) is 4.16. The molecule has 0 saturated heterocycles. The third-order valence-electron chi connectivity index (χ3n) is 0.618. The molecule has 0 aromatic rings. The molecule has 1 unspecified atom stereocenters. The molecule has 0 amide bonds. The average Bonchev–Trinajstić information content (AvgIpc) is 1.83. The molecule has 8 heavy (non-hydrogen) atoms. The normalized spacial score (nSPS) is 10.8. The van der Waals surface area contributed by atoms with Crippen molar-refractivity contribution in [3.8, 4) is 6.07 Å². The summed E-state index contributed by atoms with van der Waals surface area (Å²) in [5, 5.41) is 8.03. The maximum atomic E-state index is 9.76. The molecule has 0 aliphatic rings. The van der Waals surface area contributed by atoms with Crippen LogP contribution >= 0.6 is 0 Å². The van der Waals surface area contributed by atoms with Crippen molar-refractivity contribution in [3.63, 3.8) is 0 Å². The van der Waals surface area contributed by atoms with Gasteiger partial charge in [-0.15, -0.1) is 0 Å². The van der Waals surface area contributed by atoms with Crippen LogP contribution < -0.4 is 0 Å². The predicted molar refractivity (Wildman–Crippen MR) is 26.6 cm³/mol. The first kappa shape index (κ1) is 6.65. The van der Waals surface area contributed by atoms with Gasteiger partial charge in [-0.05, 0) is 0 Å². The van der Waals surface area contributed by atoms with Gasteiger partial charge in [0, 0.05) is 0 Å². The SMILES string of the molecule is [C-]#[N+]CC(C#N)C=O. The first-order valence-corrected chi connectivity index (χ1v) is 2.03. The first-order valence-electron chi connectivity index (χ1n) is 2.03. The number of nitriles is 1. The molecule has 0 rings (SSSR count). The molecule has 3 heteroatoms. The minimum atomic E-state index is -0.729. The van der Waals surface area contributed by atoms with Crippen LogP contribution in [0.3, 0.4) is 0 Å². The van der Waals surface area contributed by atoms with Crippen LogP contribution in [0.4, 0.5) is 0 Å². The molecule has 0 spiro atoms. The smallest absolute Gasteiger partial charge is 0.237 e. The van der Waals surface area contributed by atoms with Crippen molar-refractivity contribution in [1.29, 1.82) is 5.26 Å². The molecule has 3 nitrogen and oxygen atoms in total. The Bertz CT molecular complexity index is 151. The molecule has 0 fully saturated rings. The number of aldehydes is 1. The Labute approximate surface area is 47.4 Å². The first-order chi connectivity index (χ1) is 3.85. The standard InChI is InChI=1S/C5H4N2O/c1-7-3-5(2-6)4-8/h4-5H,3H2. The van der Waals surface area contributed by atoms with Gasteiger partial charge in [-0.25, -0.2) is 6.57 Å². The number of hydrogen-bond acceptors (Lipinski definition) is 2. The molecule has 1 atom stereocenters. The van der Waals surface area contributed by atoms with E-state index in [0.717, 1.165) is 0 Å². The van der Waals surface area contributed by atoms with Gasteiger partial charge in [-0.1, -0.05) is 0 Å². The summed E-state index contributed by atoms with van der Waals surface area (Å²) in [5.41, 5.74) is 0. The average molecular weight is 108 g/mol. The zero-order valence-electron chi connectivity index (χ0n) is 4.16. The molecule has 40 valence electrons. The molecular formula is C5H4N2O. The highest BCUT2D eigenvalue weighted by molar-refractivity contribution is 5.58. The van der Waals surface area contributed by atoms with Gasteiger partial charge >= 0.3 is 0 Å². The summed E-state index contributed by atoms with van der Waals surface area (Å²) in [5.74, 6) is -0.729. The maximum Gasteiger partial charge on any atom is 0.237 e. The van der Waals surface area contributed by atoms with E-state index in [1.54, 1.807) is 6.07 Å². The fourth-order valence-corrected chi connectivity index (χ4v) is 0.213. The van der Waals surface area contributed by atoms with Gasteiger partial charge in [0.05, 0.1) is 6.07 Å². The van der Waals surface area contributed by atoms with Gasteiger partial charge in [0.1, 0.15) is 6.29 Å². The molecule has 0 aromatic carbocycles. The van der Waals surface area contributed by atoms with Gasteiger partial charge in [-0.2, -0.15) is 5.26 Å². The van der Waals surface area contributed by atoms with Gasteiger partial charge in [0.2, 0.25) is 6.54 Å². The van der Waals surface area contributed by atoms with Crippen LogP contribution in [-0.4, -0.2) is 12.8 Å². The van der Waals surface area contributed by atoms with E-state index in [0.29, 0.717) is 6.29 Å². The van der Waals surface area contributed by atoms with E-state index in [4.69, 9.17) is 11.8 Å². The molecular weight excluding hydrogens is 104 g/mol. The molecule has 0 radical (unpaired) electrons. The number of carbonyl (C=O) groups excluding carboxylic acids is 1. The van der Waals surface area contributed by atoms with E-state index in [9.17, 15) is 4.79 Å². The topological polar surface area (TPSA) is 45.2 Å². The minimum Gasteiger partial charge on any atom is -0.315 e. The Morgan fingerprint density at radius 2 is 2.62 bits per heavy atom. The zero-order chi connectivity index (χ0) is 6.41. The van der Waals surface area contributed by atoms with E-state index >= 15 is 0 Å². The lowest BCUT2D eigenvalue weighted by Gasteiger charge is -1.81. The molecule has 0 aliphatic heterocycles. The van der Waals surface area contributed by atoms with E-state index in [2.05, 4.69) is 4.85 Å². The van der Waals surface area contributed by atoms with Gasteiger partial charge in [0.15, 0.2) is 5.92 Å². The lowest BCUT2D eigenvalue weighted by Crippen LogP contribution is -1.99. The molecule has 0 heterocycles. The summed E-state index contributed by atoms with van der Waals surface area (Å²) in [4.78, 5) is 12.6. The minimum absolute atomic E-state index is 0.0139. The number of hydrogen-bond donors (Lipinski definition) is 0. The van der Waals surface area contributed by atoms with E-state index < -0.39 is 5.92 Å². The Morgan fingerprint density at radius 3 is 2.75 bits per heavy atom. The Morgan fingerprint density at radius 1 is 2.00 bits per heavy atom. The highest BCUT2D eigenvalue weighted by Gasteiger charge is 2.05. The second-order valence-corrected chi connectivity index (χ2v) is 1.21. The molecule has 0 N–H and O–H groups in total. The quantitative estimate of drug-likeness (QED) is 0.376. The summed E-state index contributed by atoms with van der Waals surface area (Å²) in [6.07, 6.45) is 0.484. The third-order valence-corrected chi connectivity index (χ3v) is 0.618. The van der Waals surface area contributed by atoms with Gasteiger partial charge < -0.3 is 9.64 Å². The second-order valence-electron chi connectivity index (χ2n) is 1.21. The van der Waals surface area contributed by atoms with Crippen molar-refractivity contribution < 1.29 is 4.79 Å². The van der Waals surface area contributed by atoms with E-state index in [-0.39, 0.29) is 6.54 Å². The maximum absolute atomic E-state index is 9.76. The van der Waals surface area contributed by atoms with Crippen LogP contribution in [0.25, 0.3) is 4.85 Å². The van der Waals surface area contributed by atoms with Gasteiger partial charge in [0.25, 0.3) is 0 Å². The van der Waals surface area contributed by atoms with Crippen LogP contribution in [0.1, 0.15) is 0 Å². The molecule has 0 aromatic heterocycles. The van der Waals surface area contributed by atoms with E-state index in [1.165, 1.54) is 0 Å². The van der Waals surface area contributed by atoms with Gasteiger partial charge in [-0.3, -0.25) is 0 Å². The number of nitrogens with zero attached hydrogens (tertiary/aromatic N) is 2. The Hall–Kier alpha value is -1.35. The summed E-state index contributed by atoms with van der Waals surface area (Å²) in [6, 6.07) is 1.67. The lowest BCUT2D eigenvalue weighted by atomic mass is 10.2. The predicted octanol–water partition coefficient (Wildman–Crippen LogP) is 0.244. The lowest BCUT2D eigenvalue weighted by molar-refractivity contribution is -0.109. The summed E-state index contributed by atoms with van der Waals surface area (Å²) in [6.45, 7) is 6.24. The highest BCUT2D eigenvalue weighted by atomic mass is 16.1. The summed E-state index contributed by atoms with van der Waals surface area (Å²) in [7, 11) is 0. The van der Waals surface area contributed by atoms with Crippen molar-refractivity contribution in [2.45, 2.75) is 0 Å². The van der Waals surface area contributed by atoms with Crippen molar-refractivity contribution in [1.82, 2.24) is 0 Å². The number of carbonyl (C=O) groups is 1.